The first-order chi connectivity index (χ1) is 13.0. The Morgan fingerprint density at radius 1 is 1.11 bits per heavy atom. The van der Waals surface area contributed by atoms with Crippen molar-refractivity contribution >= 4 is 11.6 Å². The van der Waals surface area contributed by atoms with Gasteiger partial charge in [-0.2, -0.15) is 8.78 Å². The number of nitrogens with one attached hydrogen (secondary N) is 1. The van der Waals surface area contributed by atoms with Crippen molar-refractivity contribution in [3.05, 3.63) is 48.0 Å². The molecule has 0 heterocycles. The molecule has 1 amide bonds. The fourth-order valence-electron chi connectivity index (χ4n) is 2.45. The summed E-state index contributed by atoms with van der Waals surface area (Å²) in [7, 11) is 1.35. The van der Waals surface area contributed by atoms with Gasteiger partial charge in [0.05, 0.1) is 13.7 Å². The average molecular weight is 379 g/mol. The zero-order valence-electron chi connectivity index (χ0n) is 15.3. The molecule has 0 aliphatic rings. The number of hydrogen-bond acceptors (Lipinski definition) is 4. The lowest BCUT2D eigenvalue weighted by Crippen LogP contribution is -2.12. The van der Waals surface area contributed by atoms with Gasteiger partial charge in [-0.15, -0.1) is 0 Å². The van der Waals surface area contributed by atoms with E-state index in [-0.39, 0.29) is 17.4 Å². The molecular formula is C20H23F2NO4. The molecule has 27 heavy (non-hydrogen) atoms. The summed E-state index contributed by atoms with van der Waals surface area (Å²) in [6.45, 7) is -0.460. The molecule has 0 saturated heterocycles. The van der Waals surface area contributed by atoms with E-state index in [0.717, 1.165) is 17.7 Å². The smallest absolute Gasteiger partial charge is 0.387 e. The Kier molecular flexibility index (Phi) is 7.85. The first-order valence-electron chi connectivity index (χ1n) is 8.60. The molecule has 5 nitrogen and oxygen atoms in total. The van der Waals surface area contributed by atoms with E-state index in [1.165, 1.54) is 19.2 Å². The van der Waals surface area contributed by atoms with Crippen molar-refractivity contribution in [3.8, 4) is 17.2 Å². The number of anilines is 1. The fraction of sp³-hybridized carbons (Fsp3) is 0.350. The first kappa shape index (κ1) is 20.5. The van der Waals surface area contributed by atoms with E-state index in [0.29, 0.717) is 25.1 Å². The monoisotopic (exact) mass is 379 g/mol. The molecule has 0 radical (unpaired) electrons. The van der Waals surface area contributed by atoms with Crippen LogP contribution in [-0.2, 0) is 4.79 Å². The number of rotatable bonds is 10. The minimum Gasteiger partial charge on any atom is -0.494 e. The van der Waals surface area contributed by atoms with Gasteiger partial charge in [0.1, 0.15) is 5.75 Å². The van der Waals surface area contributed by atoms with Crippen LogP contribution in [0.15, 0.2) is 42.5 Å². The van der Waals surface area contributed by atoms with Crippen molar-refractivity contribution in [2.75, 3.05) is 19.0 Å². The van der Waals surface area contributed by atoms with Gasteiger partial charge in [0.25, 0.3) is 0 Å². The van der Waals surface area contributed by atoms with Gasteiger partial charge in [-0.05, 0) is 49.6 Å². The molecule has 1 N–H and O–H groups in total. The first-order valence-corrected chi connectivity index (χ1v) is 8.60. The molecule has 0 saturated carbocycles. The summed E-state index contributed by atoms with van der Waals surface area (Å²) in [6, 6.07) is 12.1. The van der Waals surface area contributed by atoms with Crippen LogP contribution in [0.5, 0.6) is 17.2 Å². The highest BCUT2D eigenvalue weighted by Gasteiger charge is 2.12. The summed E-state index contributed by atoms with van der Waals surface area (Å²) in [5.41, 5.74) is 1.49. The van der Waals surface area contributed by atoms with Gasteiger partial charge >= 0.3 is 6.61 Å². The van der Waals surface area contributed by atoms with Crippen molar-refractivity contribution in [2.45, 2.75) is 32.8 Å². The van der Waals surface area contributed by atoms with E-state index in [1.54, 1.807) is 6.07 Å². The van der Waals surface area contributed by atoms with Crippen molar-refractivity contribution < 1.29 is 27.8 Å². The number of carbonyl (C=O) groups is 1. The lowest BCUT2D eigenvalue weighted by atomic mass is 10.2. The Morgan fingerprint density at radius 2 is 1.93 bits per heavy atom. The van der Waals surface area contributed by atoms with Crippen molar-refractivity contribution in [3.63, 3.8) is 0 Å². The maximum Gasteiger partial charge on any atom is 0.387 e. The van der Waals surface area contributed by atoms with Gasteiger partial charge in [-0.25, -0.2) is 0 Å². The molecule has 0 aliphatic carbocycles. The third-order valence-electron chi connectivity index (χ3n) is 3.72. The van der Waals surface area contributed by atoms with Crippen LogP contribution < -0.4 is 19.5 Å². The molecule has 0 bridgehead atoms. The van der Waals surface area contributed by atoms with Crippen LogP contribution in [0.25, 0.3) is 0 Å². The van der Waals surface area contributed by atoms with E-state index in [9.17, 15) is 13.6 Å². The Labute approximate surface area is 157 Å². The summed E-state index contributed by atoms with van der Waals surface area (Å²) in [6.07, 6.45) is 1.67. The molecule has 0 aliphatic heterocycles. The second-order valence-corrected chi connectivity index (χ2v) is 5.91. The Balaban J connectivity index is 1.75. The predicted octanol–water partition coefficient (Wildman–Crippen LogP) is 4.79. The largest absolute Gasteiger partial charge is 0.494 e. The number of benzene rings is 2. The summed E-state index contributed by atoms with van der Waals surface area (Å²) in [4.78, 5) is 12.0. The molecule has 0 atom stereocenters. The summed E-state index contributed by atoms with van der Waals surface area (Å²) in [5, 5.41) is 2.66. The summed E-state index contributed by atoms with van der Waals surface area (Å²) < 4.78 is 39.9. The number of alkyl halides is 2. The molecule has 0 aromatic heterocycles. The molecule has 2 rings (SSSR count). The van der Waals surface area contributed by atoms with Gasteiger partial charge in [0.15, 0.2) is 11.5 Å². The minimum atomic E-state index is -2.97. The van der Waals surface area contributed by atoms with Crippen molar-refractivity contribution in [1.82, 2.24) is 0 Å². The SMILES string of the molecule is COc1ccc(NC(=O)CCCCOc2cccc(C)c2)cc1OC(F)F. The van der Waals surface area contributed by atoms with Gasteiger partial charge in [0, 0.05) is 18.2 Å². The van der Waals surface area contributed by atoms with Crippen LogP contribution in [-0.4, -0.2) is 26.2 Å². The Hall–Kier alpha value is -2.83. The summed E-state index contributed by atoms with van der Waals surface area (Å²) >= 11 is 0. The molecule has 0 fully saturated rings. The highest BCUT2D eigenvalue weighted by atomic mass is 19.3. The van der Waals surface area contributed by atoms with Gasteiger partial charge in [0.2, 0.25) is 5.91 Å². The zero-order valence-corrected chi connectivity index (χ0v) is 15.3. The topological polar surface area (TPSA) is 56.8 Å². The van der Waals surface area contributed by atoms with Crippen molar-refractivity contribution in [2.24, 2.45) is 0 Å². The third kappa shape index (κ3) is 7.13. The van der Waals surface area contributed by atoms with E-state index in [4.69, 9.17) is 9.47 Å². The molecule has 0 unspecified atom stereocenters. The van der Waals surface area contributed by atoms with Crippen LogP contribution in [0, 0.1) is 6.92 Å². The van der Waals surface area contributed by atoms with Crippen LogP contribution in [0.1, 0.15) is 24.8 Å². The second kappa shape index (κ2) is 10.4. The molecule has 0 spiro atoms. The standard InChI is InChI=1S/C20H23F2NO4/c1-14-6-5-7-16(12-14)26-11-4-3-8-19(24)23-15-9-10-17(25-2)18(13-15)27-20(21)22/h5-7,9-10,12-13,20H,3-4,8,11H2,1-2H3,(H,23,24). The quantitative estimate of drug-likeness (QED) is 0.603. The van der Waals surface area contributed by atoms with E-state index in [2.05, 4.69) is 10.1 Å². The Morgan fingerprint density at radius 3 is 2.63 bits per heavy atom. The van der Waals surface area contributed by atoms with Gasteiger partial charge in [-0.3, -0.25) is 4.79 Å². The second-order valence-electron chi connectivity index (χ2n) is 5.91. The van der Waals surface area contributed by atoms with Crippen LogP contribution in [0.2, 0.25) is 0 Å². The lowest BCUT2D eigenvalue weighted by Gasteiger charge is -2.12. The van der Waals surface area contributed by atoms with Gasteiger partial charge in [-0.1, -0.05) is 12.1 Å². The number of carbonyl (C=O) groups excluding carboxylic acids is 1. The third-order valence-corrected chi connectivity index (χ3v) is 3.72. The van der Waals surface area contributed by atoms with Gasteiger partial charge < -0.3 is 19.5 Å². The van der Waals surface area contributed by atoms with Crippen LogP contribution in [0.4, 0.5) is 14.5 Å². The van der Waals surface area contributed by atoms with E-state index >= 15 is 0 Å². The Bertz CT molecular complexity index is 753. The molecule has 7 heteroatoms. The maximum atomic E-state index is 12.4. The highest BCUT2D eigenvalue weighted by Crippen LogP contribution is 2.31. The molecular weight excluding hydrogens is 356 g/mol. The number of ether oxygens (including phenoxy) is 3. The number of aryl methyl sites for hydroxylation is 1. The predicted molar refractivity (Wildman–Crippen MR) is 98.8 cm³/mol. The minimum absolute atomic E-state index is 0.128. The molecule has 146 valence electrons. The lowest BCUT2D eigenvalue weighted by molar-refractivity contribution is -0.116. The number of unbranched alkanes of at least 4 members (excludes halogenated alkanes) is 1. The fourth-order valence-corrected chi connectivity index (χ4v) is 2.45. The molecule has 2 aromatic carbocycles. The highest BCUT2D eigenvalue weighted by molar-refractivity contribution is 5.91. The van der Waals surface area contributed by atoms with E-state index in [1.807, 2.05) is 31.2 Å². The normalized spacial score (nSPS) is 10.6. The molecule has 2 aromatic rings. The number of methoxy groups -OCH3 is 1. The number of halogens is 2. The maximum absolute atomic E-state index is 12.4. The number of amides is 1. The van der Waals surface area contributed by atoms with Crippen LogP contribution in [0.3, 0.4) is 0 Å². The average Bonchev–Trinajstić information content (AvgIpc) is 2.61. The number of hydrogen-bond donors (Lipinski definition) is 1. The summed E-state index contributed by atoms with van der Waals surface area (Å²) in [5.74, 6) is 0.640. The van der Waals surface area contributed by atoms with Crippen molar-refractivity contribution in [1.29, 1.82) is 0 Å². The van der Waals surface area contributed by atoms with Crippen LogP contribution >= 0.6 is 0 Å². The zero-order chi connectivity index (χ0) is 19.6. The van der Waals surface area contributed by atoms with E-state index < -0.39 is 6.61 Å².